The van der Waals surface area contributed by atoms with Crippen molar-refractivity contribution in [1.82, 2.24) is 0 Å². The minimum Gasteiger partial charge on any atom is -0.419 e. The molecule has 0 aromatic heterocycles. The fourth-order valence-corrected chi connectivity index (χ4v) is 0.514. The van der Waals surface area contributed by atoms with Crippen LogP contribution in [0.5, 0.6) is 0 Å². The van der Waals surface area contributed by atoms with E-state index in [0.717, 1.165) is 0 Å². The fraction of sp³-hybridized carbons (Fsp3) is 0.889. The van der Waals surface area contributed by atoms with Crippen molar-refractivity contribution in [2.24, 2.45) is 5.41 Å². The third kappa shape index (κ3) is 3.35. The van der Waals surface area contributed by atoms with Crippen LogP contribution in [0.3, 0.4) is 0 Å². The third-order valence-electron chi connectivity index (χ3n) is 2.23. The first kappa shape index (κ1) is 14.2. The van der Waals surface area contributed by atoms with Crippen LogP contribution in [0, 0.1) is 5.41 Å². The van der Waals surface area contributed by atoms with Gasteiger partial charge in [0.2, 0.25) is 0 Å². The van der Waals surface area contributed by atoms with Gasteiger partial charge in [-0.1, -0.05) is 6.92 Å². The van der Waals surface area contributed by atoms with Crippen LogP contribution in [0.4, 0.5) is 17.6 Å². The van der Waals surface area contributed by atoms with Crippen LogP contribution in [0.15, 0.2) is 0 Å². The van der Waals surface area contributed by atoms with E-state index < -0.39 is 23.4 Å². The van der Waals surface area contributed by atoms with Crippen molar-refractivity contribution in [1.29, 1.82) is 0 Å². The zero-order chi connectivity index (χ0) is 12.5. The number of halogens is 4. The summed E-state index contributed by atoms with van der Waals surface area (Å²) in [6.45, 7) is 4.56. The molecule has 2 nitrogen and oxygen atoms in total. The maximum absolute atomic E-state index is 12.9. The summed E-state index contributed by atoms with van der Waals surface area (Å²) in [6, 6.07) is 0. The van der Waals surface area contributed by atoms with Gasteiger partial charge in [0.1, 0.15) is 0 Å². The monoisotopic (exact) mass is 230 g/mol. The first-order valence-electron chi connectivity index (χ1n) is 4.43. The molecular formula is C9H14F4O2. The molecule has 0 amide bonds. The van der Waals surface area contributed by atoms with Gasteiger partial charge in [-0.05, 0) is 20.3 Å². The molecule has 1 atom stereocenters. The summed E-state index contributed by atoms with van der Waals surface area (Å²) in [5.41, 5.74) is -1.13. The lowest BCUT2D eigenvalue weighted by Crippen LogP contribution is -2.45. The molecule has 0 bridgehead atoms. The molecule has 1 unspecified atom stereocenters. The molecular weight excluding hydrogens is 216 g/mol. The predicted octanol–water partition coefficient (Wildman–Crippen LogP) is 3.21. The highest BCUT2D eigenvalue weighted by Gasteiger charge is 2.56. The number of carbonyl (C=O) groups is 1. The smallest absolute Gasteiger partial charge is 0.419 e. The van der Waals surface area contributed by atoms with Crippen molar-refractivity contribution in [2.75, 3.05) is 0 Å². The Morgan fingerprint density at radius 1 is 1.13 bits per heavy atom. The van der Waals surface area contributed by atoms with Crippen molar-refractivity contribution in [2.45, 2.75) is 46.1 Å². The van der Waals surface area contributed by atoms with Crippen molar-refractivity contribution < 1.29 is 27.1 Å². The highest BCUT2D eigenvalue weighted by atomic mass is 19.4. The lowest BCUT2D eigenvalue weighted by atomic mass is 9.90. The number of hydrogen-bond donors (Lipinski definition) is 0. The van der Waals surface area contributed by atoms with Crippen LogP contribution in [0.2, 0.25) is 0 Å². The average Bonchev–Trinajstić information content (AvgIpc) is 2.01. The number of alkyl halides is 4. The second-order valence-electron chi connectivity index (χ2n) is 4.04. The normalized spacial score (nSPS) is 17.1. The highest BCUT2D eigenvalue weighted by molar-refractivity contribution is 5.76. The Morgan fingerprint density at radius 3 is 1.80 bits per heavy atom. The van der Waals surface area contributed by atoms with Crippen LogP contribution < -0.4 is 0 Å². The van der Waals surface area contributed by atoms with E-state index in [-0.39, 0.29) is 13.3 Å². The van der Waals surface area contributed by atoms with Gasteiger partial charge in [0.05, 0.1) is 5.41 Å². The molecule has 0 aliphatic carbocycles. The van der Waals surface area contributed by atoms with Gasteiger partial charge < -0.3 is 4.74 Å². The van der Waals surface area contributed by atoms with Crippen LogP contribution in [0.25, 0.3) is 0 Å². The standard InChI is InChI=1S/C9H14F4O2/c1-5-7(2,3)6(14)15-8(4,10)9(11,12)13/h5H2,1-4H3. The van der Waals surface area contributed by atoms with Crippen LogP contribution >= 0.6 is 0 Å². The molecule has 0 radical (unpaired) electrons. The van der Waals surface area contributed by atoms with Gasteiger partial charge in [0, 0.05) is 6.92 Å². The third-order valence-corrected chi connectivity index (χ3v) is 2.23. The van der Waals surface area contributed by atoms with E-state index in [1.54, 1.807) is 6.92 Å². The molecule has 0 saturated carbocycles. The van der Waals surface area contributed by atoms with Gasteiger partial charge in [-0.2, -0.15) is 17.6 Å². The van der Waals surface area contributed by atoms with Crippen molar-refractivity contribution >= 4 is 5.97 Å². The highest BCUT2D eigenvalue weighted by Crippen LogP contribution is 2.36. The molecule has 0 aromatic carbocycles. The summed E-state index contributed by atoms with van der Waals surface area (Å²) >= 11 is 0. The zero-order valence-electron chi connectivity index (χ0n) is 9.04. The Hall–Kier alpha value is -0.810. The summed E-state index contributed by atoms with van der Waals surface area (Å²) in [4.78, 5) is 11.2. The summed E-state index contributed by atoms with van der Waals surface area (Å²) in [6.07, 6.45) is -4.95. The molecule has 0 saturated heterocycles. The largest absolute Gasteiger partial charge is 0.460 e. The molecule has 15 heavy (non-hydrogen) atoms. The Morgan fingerprint density at radius 2 is 1.53 bits per heavy atom. The number of esters is 1. The van der Waals surface area contributed by atoms with Crippen molar-refractivity contribution in [3.05, 3.63) is 0 Å². The Kier molecular flexibility index (Phi) is 3.77. The summed E-state index contributed by atoms with van der Waals surface area (Å²) in [5.74, 6) is -5.14. The minimum atomic E-state index is -5.22. The van der Waals surface area contributed by atoms with E-state index in [4.69, 9.17) is 0 Å². The van der Waals surface area contributed by atoms with Gasteiger partial charge in [0.25, 0.3) is 0 Å². The van der Waals surface area contributed by atoms with E-state index in [2.05, 4.69) is 4.74 Å². The van der Waals surface area contributed by atoms with E-state index in [9.17, 15) is 22.4 Å². The first-order chi connectivity index (χ1) is 6.44. The van der Waals surface area contributed by atoms with Crippen LogP contribution in [-0.4, -0.2) is 18.0 Å². The maximum Gasteiger partial charge on any atom is 0.460 e. The van der Waals surface area contributed by atoms with E-state index in [1.807, 2.05) is 0 Å². The molecule has 0 aromatic rings. The van der Waals surface area contributed by atoms with E-state index in [0.29, 0.717) is 0 Å². The lowest BCUT2D eigenvalue weighted by molar-refractivity contribution is -0.315. The molecule has 0 spiro atoms. The minimum absolute atomic E-state index is 0.177. The van der Waals surface area contributed by atoms with Crippen LogP contribution in [-0.2, 0) is 9.53 Å². The molecule has 0 aliphatic rings. The Bertz CT molecular complexity index is 243. The van der Waals surface area contributed by atoms with E-state index >= 15 is 0 Å². The topological polar surface area (TPSA) is 26.3 Å². The van der Waals surface area contributed by atoms with Gasteiger partial charge in [-0.3, -0.25) is 4.79 Å². The van der Waals surface area contributed by atoms with Crippen molar-refractivity contribution in [3.8, 4) is 0 Å². The van der Waals surface area contributed by atoms with Gasteiger partial charge in [-0.25, -0.2) is 0 Å². The summed E-state index contributed by atoms with van der Waals surface area (Å²) in [7, 11) is 0. The number of ether oxygens (including phenoxy) is 1. The second-order valence-corrected chi connectivity index (χ2v) is 4.04. The van der Waals surface area contributed by atoms with Crippen LogP contribution in [0.1, 0.15) is 34.1 Å². The second kappa shape index (κ2) is 3.98. The number of rotatable bonds is 3. The van der Waals surface area contributed by atoms with Gasteiger partial charge >= 0.3 is 18.0 Å². The molecule has 0 rings (SSSR count). The quantitative estimate of drug-likeness (QED) is 0.549. The Labute approximate surface area is 85.6 Å². The predicted molar refractivity (Wildman–Crippen MR) is 45.7 cm³/mol. The molecule has 0 heterocycles. The Balaban J connectivity index is 4.70. The van der Waals surface area contributed by atoms with E-state index in [1.165, 1.54) is 13.8 Å². The molecule has 0 aliphatic heterocycles. The molecule has 0 N–H and O–H groups in total. The number of carbonyl (C=O) groups excluding carboxylic acids is 1. The zero-order valence-corrected chi connectivity index (χ0v) is 9.04. The number of hydrogen-bond acceptors (Lipinski definition) is 2. The molecule has 6 heteroatoms. The molecule has 90 valence electrons. The van der Waals surface area contributed by atoms with Gasteiger partial charge in [0.15, 0.2) is 0 Å². The first-order valence-corrected chi connectivity index (χ1v) is 4.43. The van der Waals surface area contributed by atoms with Gasteiger partial charge in [-0.15, -0.1) is 0 Å². The molecule has 0 fully saturated rings. The maximum atomic E-state index is 12.9. The van der Waals surface area contributed by atoms with Crippen molar-refractivity contribution in [3.63, 3.8) is 0 Å². The SMILES string of the molecule is CCC(C)(C)C(=O)OC(C)(F)C(F)(F)F. The lowest BCUT2D eigenvalue weighted by Gasteiger charge is -2.28. The average molecular weight is 230 g/mol. The summed E-state index contributed by atoms with van der Waals surface area (Å²) in [5, 5.41) is 0. The summed E-state index contributed by atoms with van der Waals surface area (Å²) < 4.78 is 52.9. The fourth-order valence-electron chi connectivity index (χ4n) is 0.514.